The second-order valence-electron chi connectivity index (χ2n) is 8.77. The van der Waals surface area contributed by atoms with Gasteiger partial charge in [0.1, 0.15) is 5.75 Å². The van der Waals surface area contributed by atoms with Gasteiger partial charge in [0.25, 0.3) is 5.91 Å². The lowest BCUT2D eigenvalue weighted by atomic mass is 9.86. The second kappa shape index (κ2) is 9.12. The van der Waals surface area contributed by atoms with E-state index in [0.717, 1.165) is 28.9 Å². The SMILES string of the molecule is COc1ccc2nc(N(CCCn3ccnc3)C(=O)c3ccc(C(C)(C)C)cc3)sc2c1. The smallest absolute Gasteiger partial charge is 0.260 e. The summed E-state index contributed by atoms with van der Waals surface area (Å²) in [5.74, 6) is 0.741. The third kappa shape index (κ3) is 4.83. The first-order valence-corrected chi connectivity index (χ1v) is 11.5. The second-order valence-corrected chi connectivity index (χ2v) is 9.78. The summed E-state index contributed by atoms with van der Waals surface area (Å²) in [5.41, 5.74) is 2.77. The van der Waals surface area contributed by atoms with Crippen LogP contribution >= 0.6 is 11.3 Å². The van der Waals surface area contributed by atoms with Crippen molar-refractivity contribution in [3.63, 3.8) is 0 Å². The standard InChI is InChI=1S/C25H28N4O2S/c1-25(2,3)19-8-6-18(7-9-19)23(30)29(14-5-13-28-15-12-26-17-28)24-27-21-11-10-20(31-4)16-22(21)32-24/h6-12,15-17H,5,13-14H2,1-4H3. The van der Waals surface area contributed by atoms with Crippen LogP contribution in [0.2, 0.25) is 0 Å². The third-order valence-corrected chi connectivity index (χ3v) is 6.46. The van der Waals surface area contributed by atoms with Gasteiger partial charge < -0.3 is 9.30 Å². The number of imidazole rings is 1. The van der Waals surface area contributed by atoms with Crippen LogP contribution in [-0.4, -0.2) is 34.1 Å². The number of methoxy groups -OCH3 is 1. The molecule has 0 unspecified atom stereocenters. The van der Waals surface area contributed by atoms with Crippen LogP contribution in [-0.2, 0) is 12.0 Å². The highest BCUT2D eigenvalue weighted by Crippen LogP contribution is 2.32. The maximum atomic E-state index is 13.5. The Bertz CT molecular complexity index is 1190. The highest BCUT2D eigenvalue weighted by Gasteiger charge is 2.22. The molecule has 0 bridgehead atoms. The number of carbonyl (C=O) groups excluding carboxylic acids is 1. The number of benzene rings is 2. The van der Waals surface area contributed by atoms with Gasteiger partial charge in [0.2, 0.25) is 0 Å². The summed E-state index contributed by atoms with van der Waals surface area (Å²) in [4.78, 5) is 24.2. The molecular weight excluding hydrogens is 420 g/mol. The van der Waals surface area contributed by atoms with E-state index in [4.69, 9.17) is 9.72 Å². The number of fused-ring (bicyclic) bond motifs is 1. The Hall–Kier alpha value is -3.19. The monoisotopic (exact) mass is 448 g/mol. The minimum atomic E-state index is -0.0397. The van der Waals surface area contributed by atoms with Gasteiger partial charge in [0.15, 0.2) is 5.13 Å². The number of hydrogen-bond donors (Lipinski definition) is 0. The molecule has 0 saturated carbocycles. The van der Waals surface area contributed by atoms with E-state index in [9.17, 15) is 4.79 Å². The number of nitrogens with zero attached hydrogens (tertiary/aromatic N) is 4. The number of carbonyl (C=O) groups is 1. The predicted octanol–water partition coefficient (Wildman–Crippen LogP) is 5.54. The summed E-state index contributed by atoms with van der Waals surface area (Å²) in [6, 6.07) is 13.7. The van der Waals surface area contributed by atoms with Crippen molar-refractivity contribution in [1.82, 2.24) is 14.5 Å². The van der Waals surface area contributed by atoms with Gasteiger partial charge in [-0.3, -0.25) is 9.69 Å². The fraction of sp³-hybridized carbons (Fsp3) is 0.320. The molecule has 0 aliphatic carbocycles. The van der Waals surface area contributed by atoms with Crippen molar-refractivity contribution in [2.24, 2.45) is 0 Å². The van der Waals surface area contributed by atoms with Crippen LogP contribution in [0.1, 0.15) is 43.1 Å². The zero-order valence-corrected chi connectivity index (χ0v) is 19.7. The lowest BCUT2D eigenvalue weighted by Gasteiger charge is -2.22. The van der Waals surface area contributed by atoms with E-state index in [2.05, 4.69) is 25.8 Å². The van der Waals surface area contributed by atoms with Crippen molar-refractivity contribution in [3.8, 4) is 5.75 Å². The number of thiazole rings is 1. The number of aromatic nitrogens is 3. The van der Waals surface area contributed by atoms with Gasteiger partial charge in [-0.1, -0.05) is 44.2 Å². The fourth-order valence-corrected chi connectivity index (χ4v) is 4.54. The van der Waals surface area contributed by atoms with Gasteiger partial charge in [-0.05, 0) is 47.7 Å². The topological polar surface area (TPSA) is 60.2 Å². The lowest BCUT2D eigenvalue weighted by molar-refractivity contribution is 0.0986. The molecule has 2 aromatic heterocycles. The molecular formula is C25H28N4O2S. The van der Waals surface area contributed by atoms with Crippen molar-refractivity contribution < 1.29 is 9.53 Å². The molecule has 2 aromatic carbocycles. The van der Waals surface area contributed by atoms with Crippen molar-refractivity contribution in [2.45, 2.75) is 39.2 Å². The van der Waals surface area contributed by atoms with Crippen LogP contribution in [0.15, 0.2) is 61.2 Å². The van der Waals surface area contributed by atoms with Crippen LogP contribution in [0.3, 0.4) is 0 Å². The molecule has 4 aromatic rings. The molecule has 166 valence electrons. The van der Waals surface area contributed by atoms with Crippen LogP contribution in [0.4, 0.5) is 5.13 Å². The number of rotatable bonds is 7. The van der Waals surface area contributed by atoms with Gasteiger partial charge in [0, 0.05) is 31.0 Å². The normalized spacial score (nSPS) is 11.6. The van der Waals surface area contributed by atoms with Gasteiger partial charge >= 0.3 is 0 Å². The minimum Gasteiger partial charge on any atom is -0.497 e. The van der Waals surface area contributed by atoms with E-state index in [1.54, 1.807) is 24.5 Å². The summed E-state index contributed by atoms with van der Waals surface area (Å²) in [6.07, 6.45) is 6.28. The van der Waals surface area contributed by atoms with Gasteiger partial charge in [0.05, 0.1) is 23.7 Å². The van der Waals surface area contributed by atoms with E-state index in [1.165, 1.54) is 16.9 Å². The van der Waals surface area contributed by atoms with Crippen molar-refractivity contribution in [2.75, 3.05) is 18.6 Å². The molecule has 2 heterocycles. The van der Waals surface area contributed by atoms with Crippen LogP contribution in [0.5, 0.6) is 5.75 Å². The van der Waals surface area contributed by atoms with Crippen LogP contribution < -0.4 is 9.64 Å². The first kappa shape index (κ1) is 22.0. The Balaban J connectivity index is 1.62. The number of hydrogen-bond acceptors (Lipinski definition) is 5. The van der Waals surface area contributed by atoms with Crippen molar-refractivity contribution in [3.05, 3.63) is 72.3 Å². The van der Waals surface area contributed by atoms with E-state index in [-0.39, 0.29) is 11.3 Å². The Labute approximate surface area is 192 Å². The van der Waals surface area contributed by atoms with E-state index in [1.807, 2.05) is 53.2 Å². The third-order valence-electron chi connectivity index (χ3n) is 5.42. The molecule has 6 nitrogen and oxygen atoms in total. The highest BCUT2D eigenvalue weighted by molar-refractivity contribution is 7.22. The maximum absolute atomic E-state index is 13.5. The van der Waals surface area contributed by atoms with E-state index < -0.39 is 0 Å². The molecule has 1 amide bonds. The summed E-state index contributed by atoms with van der Waals surface area (Å²) in [5, 5.41) is 0.698. The van der Waals surface area contributed by atoms with E-state index in [0.29, 0.717) is 17.2 Å². The zero-order valence-electron chi connectivity index (χ0n) is 18.9. The number of anilines is 1. The van der Waals surface area contributed by atoms with Gasteiger partial charge in [-0.15, -0.1) is 0 Å². The van der Waals surface area contributed by atoms with Gasteiger partial charge in [-0.25, -0.2) is 9.97 Å². The minimum absolute atomic E-state index is 0.0397. The molecule has 0 radical (unpaired) electrons. The van der Waals surface area contributed by atoms with Crippen LogP contribution in [0.25, 0.3) is 10.2 Å². The number of ether oxygens (including phenoxy) is 1. The quantitative estimate of drug-likeness (QED) is 0.373. The van der Waals surface area contributed by atoms with Crippen LogP contribution in [0, 0.1) is 0 Å². The summed E-state index contributed by atoms with van der Waals surface area (Å²) in [6.45, 7) is 7.85. The molecule has 0 saturated heterocycles. The van der Waals surface area contributed by atoms with E-state index >= 15 is 0 Å². The Morgan fingerprint density at radius 1 is 1.16 bits per heavy atom. The Morgan fingerprint density at radius 3 is 2.59 bits per heavy atom. The summed E-state index contributed by atoms with van der Waals surface area (Å²) < 4.78 is 8.36. The average molecular weight is 449 g/mol. The molecule has 7 heteroatoms. The predicted molar refractivity (Wildman–Crippen MR) is 130 cm³/mol. The summed E-state index contributed by atoms with van der Waals surface area (Å²) in [7, 11) is 1.65. The fourth-order valence-electron chi connectivity index (χ4n) is 3.52. The van der Waals surface area contributed by atoms with Crippen molar-refractivity contribution >= 4 is 32.6 Å². The van der Waals surface area contributed by atoms with Gasteiger partial charge in [-0.2, -0.15) is 0 Å². The molecule has 0 atom stereocenters. The molecule has 32 heavy (non-hydrogen) atoms. The lowest BCUT2D eigenvalue weighted by Crippen LogP contribution is -2.32. The first-order valence-electron chi connectivity index (χ1n) is 10.7. The number of aryl methyl sites for hydroxylation is 1. The maximum Gasteiger partial charge on any atom is 0.260 e. The molecule has 0 aliphatic heterocycles. The molecule has 0 fully saturated rings. The Kier molecular flexibility index (Phi) is 6.28. The molecule has 0 spiro atoms. The molecule has 0 aliphatic rings. The average Bonchev–Trinajstić information content (AvgIpc) is 3.45. The number of amides is 1. The first-order chi connectivity index (χ1) is 15.3. The highest BCUT2D eigenvalue weighted by atomic mass is 32.1. The molecule has 4 rings (SSSR count). The zero-order chi connectivity index (χ0) is 22.7. The molecule has 0 N–H and O–H groups in total. The largest absolute Gasteiger partial charge is 0.497 e. The Morgan fingerprint density at radius 2 is 1.94 bits per heavy atom. The van der Waals surface area contributed by atoms with Crippen molar-refractivity contribution in [1.29, 1.82) is 0 Å². The summed E-state index contributed by atoms with van der Waals surface area (Å²) >= 11 is 1.51.